The second-order valence-corrected chi connectivity index (χ2v) is 6.73. The van der Waals surface area contributed by atoms with E-state index in [0.29, 0.717) is 6.42 Å². The van der Waals surface area contributed by atoms with Crippen LogP contribution in [0.3, 0.4) is 0 Å². The van der Waals surface area contributed by atoms with Gasteiger partial charge in [0.25, 0.3) is 0 Å². The molecular weight excluding hydrogens is 353 g/mol. The van der Waals surface area contributed by atoms with Crippen LogP contribution in [0, 0.1) is 5.82 Å². The van der Waals surface area contributed by atoms with Crippen molar-refractivity contribution in [3.8, 4) is 11.1 Å². The summed E-state index contributed by atoms with van der Waals surface area (Å²) in [7, 11) is 1.41. The maximum absolute atomic E-state index is 13.2. The Morgan fingerprint density at radius 2 is 2.00 bits per heavy atom. The Morgan fingerprint density at radius 1 is 1.19 bits per heavy atom. The number of nitrogens with one attached hydrogen (secondary N) is 1. The lowest BCUT2D eigenvalue weighted by Crippen LogP contribution is -2.05. The fourth-order valence-electron chi connectivity index (χ4n) is 2.73. The van der Waals surface area contributed by atoms with E-state index in [4.69, 9.17) is 0 Å². The van der Waals surface area contributed by atoms with E-state index in [-0.39, 0.29) is 11.8 Å². The Balaban J connectivity index is 1.68. The molecule has 26 heavy (non-hydrogen) atoms. The van der Waals surface area contributed by atoms with E-state index in [1.165, 1.54) is 19.2 Å². The minimum atomic E-state index is -0.255. The highest BCUT2D eigenvalue weighted by molar-refractivity contribution is 7.17. The molecule has 0 amide bonds. The van der Waals surface area contributed by atoms with Crippen LogP contribution >= 0.6 is 11.3 Å². The number of esters is 1. The number of benzene rings is 1. The second kappa shape index (κ2) is 8.71. The van der Waals surface area contributed by atoms with Gasteiger partial charge in [0.05, 0.1) is 12.5 Å². The maximum atomic E-state index is 13.2. The first-order chi connectivity index (χ1) is 12.7. The summed E-state index contributed by atoms with van der Waals surface area (Å²) in [6.07, 6.45) is 4.68. The van der Waals surface area contributed by atoms with Crippen LogP contribution in [0.15, 0.2) is 36.0 Å². The molecule has 136 valence electrons. The van der Waals surface area contributed by atoms with Gasteiger partial charge < -0.3 is 10.1 Å². The van der Waals surface area contributed by atoms with Crippen molar-refractivity contribution < 1.29 is 13.9 Å². The van der Waals surface area contributed by atoms with Crippen LogP contribution in [-0.2, 0) is 9.53 Å². The molecule has 0 atom stereocenters. The third-order valence-corrected chi connectivity index (χ3v) is 4.99. The summed E-state index contributed by atoms with van der Waals surface area (Å²) >= 11 is 1.54. The largest absolute Gasteiger partial charge is 0.469 e. The normalized spacial score (nSPS) is 10.8. The highest BCUT2D eigenvalue weighted by Gasteiger charge is 2.13. The molecule has 7 heteroatoms. The topological polar surface area (TPSA) is 64.1 Å². The van der Waals surface area contributed by atoms with Crippen molar-refractivity contribution in [1.82, 2.24) is 9.97 Å². The highest BCUT2D eigenvalue weighted by Crippen LogP contribution is 2.36. The van der Waals surface area contributed by atoms with Crippen molar-refractivity contribution in [2.24, 2.45) is 0 Å². The fourth-order valence-corrected chi connectivity index (χ4v) is 3.65. The van der Waals surface area contributed by atoms with E-state index in [1.54, 1.807) is 29.8 Å². The number of carbonyl (C=O) groups excluding carboxylic acids is 1. The molecule has 0 saturated carbocycles. The van der Waals surface area contributed by atoms with E-state index >= 15 is 0 Å². The van der Waals surface area contributed by atoms with Crippen LogP contribution in [0.4, 0.5) is 10.2 Å². The van der Waals surface area contributed by atoms with E-state index in [0.717, 1.165) is 53.0 Å². The number of aromatic nitrogens is 2. The number of anilines is 1. The average Bonchev–Trinajstić information content (AvgIpc) is 3.10. The maximum Gasteiger partial charge on any atom is 0.305 e. The lowest BCUT2D eigenvalue weighted by atomic mass is 10.1. The molecule has 0 aliphatic rings. The standard InChI is InChI=1S/C19H20FN3O2S/c1-25-16(24)5-3-2-4-10-21-18-17-15(11-26-19(17)23-12-22-18)13-6-8-14(20)9-7-13/h6-9,11-12H,2-5,10H2,1H3,(H,21,22,23). The monoisotopic (exact) mass is 373 g/mol. The number of ether oxygens (including phenoxy) is 1. The van der Waals surface area contributed by atoms with Crippen LogP contribution in [0.5, 0.6) is 0 Å². The molecule has 1 N–H and O–H groups in total. The Kier molecular flexibility index (Phi) is 6.12. The zero-order valence-corrected chi connectivity index (χ0v) is 15.3. The van der Waals surface area contributed by atoms with Gasteiger partial charge in [0.2, 0.25) is 0 Å². The van der Waals surface area contributed by atoms with E-state index in [1.807, 2.05) is 5.38 Å². The summed E-state index contributed by atoms with van der Waals surface area (Å²) in [6.45, 7) is 0.756. The molecule has 2 heterocycles. The van der Waals surface area contributed by atoms with Crippen molar-refractivity contribution in [3.05, 3.63) is 41.8 Å². The number of methoxy groups -OCH3 is 1. The number of thiophene rings is 1. The van der Waals surface area contributed by atoms with Crippen molar-refractivity contribution in [2.45, 2.75) is 25.7 Å². The predicted octanol–water partition coefficient (Wildman–Crippen LogP) is 4.64. The Morgan fingerprint density at radius 3 is 2.77 bits per heavy atom. The first-order valence-corrected chi connectivity index (χ1v) is 9.36. The third kappa shape index (κ3) is 4.35. The Bertz CT molecular complexity index is 880. The second-order valence-electron chi connectivity index (χ2n) is 5.87. The zero-order chi connectivity index (χ0) is 18.4. The third-order valence-electron chi connectivity index (χ3n) is 4.10. The molecular formula is C19H20FN3O2S. The Hall–Kier alpha value is -2.54. The fraction of sp³-hybridized carbons (Fsp3) is 0.316. The minimum Gasteiger partial charge on any atom is -0.469 e. The van der Waals surface area contributed by atoms with Crippen molar-refractivity contribution >= 4 is 33.3 Å². The first kappa shape index (κ1) is 18.3. The quantitative estimate of drug-likeness (QED) is 0.460. The number of fused-ring (bicyclic) bond motifs is 1. The smallest absolute Gasteiger partial charge is 0.305 e. The van der Waals surface area contributed by atoms with Gasteiger partial charge in [-0.25, -0.2) is 14.4 Å². The number of halogens is 1. The van der Waals surface area contributed by atoms with Crippen molar-refractivity contribution in [3.63, 3.8) is 0 Å². The molecule has 1 aromatic carbocycles. The van der Waals surface area contributed by atoms with Crippen LogP contribution in [0.1, 0.15) is 25.7 Å². The molecule has 0 aliphatic carbocycles. The SMILES string of the molecule is COC(=O)CCCCCNc1ncnc2scc(-c3ccc(F)cc3)c12. The van der Waals surface area contributed by atoms with E-state index in [2.05, 4.69) is 20.0 Å². The summed E-state index contributed by atoms with van der Waals surface area (Å²) in [5.41, 5.74) is 1.94. The van der Waals surface area contributed by atoms with Gasteiger partial charge >= 0.3 is 5.97 Å². The number of hydrogen-bond donors (Lipinski definition) is 1. The van der Waals surface area contributed by atoms with Gasteiger partial charge in [-0.05, 0) is 30.5 Å². The first-order valence-electron chi connectivity index (χ1n) is 8.48. The van der Waals surface area contributed by atoms with Crippen LogP contribution in [0.25, 0.3) is 21.3 Å². The molecule has 5 nitrogen and oxygen atoms in total. The Labute approximate surface area is 155 Å². The molecule has 0 unspecified atom stereocenters. The number of rotatable bonds is 8. The summed E-state index contributed by atoms with van der Waals surface area (Å²) in [6, 6.07) is 6.44. The van der Waals surface area contributed by atoms with Gasteiger partial charge in [-0.1, -0.05) is 18.6 Å². The average molecular weight is 373 g/mol. The van der Waals surface area contributed by atoms with Crippen molar-refractivity contribution in [1.29, 1.82) is 0 Å². The lowest BCUT2D eigenvalue weighted by molar-refractivity contribution is -0.140. The van der Waals surface area contributed by atoms with Gasteiger partial charge in [-0.3, -0.25) is 4.79 Å². The van der Waals surface area contributed by atoms with Gasteiger partial charge in [0.1, 0.15) is 22.8 Å². The van der Waals surface area contributed by atoms with Gasteiger partial charge in [-0.2, -0.15) is 0 Å². The summed E-state index contributed by atoms with van der Waals surface area (Å²) in [4.78, 5) is 20.7. The molecule has 0 radical (unpaired) electrons. The lowest BCUT2D eigenvalue weighted by Gasteiger charge is -2.08. The number of nitrogens with zero attached hydrogens (tertiary/aromatic N) is 2. The summed E-state index contributed by atoms with van der Waals surface area (Å²) < 4.78 is 17.8. The molecule has 3 aromatic rings. The molecule has 3 rings (SSSR count). The molecule has 0 bridgehead atoms. The van der Waals surface area contributed by atoms with Crippen LogP contribution < -0.4 is 5.32 Å². The molecule has 0 fully saturated rings. The molecule has 0 aliphatic heterocycles. The molecule has 0 spiro atoms. The summed E-state index contributed by atoms with van der Waals surface area (Å²) in [5.74, 6) is 0.357. The van der Waals surface area contributed by atoms with Crippen molar-refractivity contribution in [2.75, 3.05) is 19.0 Å². The number of hydrogen-bond acceptors (Lipinski definition) is 6. The number of carbonyl (C=O) groups is 1. The van der Waals surface area contributed by atoms with Gasteiger partial charge in [0, 0.05) is 23.9 Å². The van der Waals surface area contributed by atoms with Gasteiger partial charge in [-0.15, -0.1) is 11.3 Å². The highest BCUT2D eigenvalue weighted by atomic mass is 32.1. The van der Waals surface area contributed by atoms with Gasteiger partial charge in [0.15, 0.2) is 0 Å². The predicted molar refractivity (Wildman–Crippen MR) is 102 cm³/mol. The van der Waals surface area contributed by atoms with Crippen LogP contribution in [0.2, 0.25) is 0 Å². The summed E-state index contributed by atoms with van der Waals surface area (Å²) in [5, 5.41) is 6.34. The number of unbranched alkanes of at least 4 members (excludes halogenated alkanes) is 2. The minimum absolute atomic E-state index is 0.169. The molecule has 0 saturated heterocycles. The van der Waals surface area contributed by atoms with E-state index < -0.39 is 0 Å². The molecule has 2 aromatic heterocycles. The van der Waals surface area contributed by atoms with Crippen LogP contribution in [-0.4, -0.2) is 29.6 Å². The zero-order valence-electron chi connectivity index (χ0n) is 14.5. The van der Waals surface area contributed by atoms with E-state index in [9.17, 15) is 9.18 Å².